The van der Waals surface area contributed by atoms with Crippen molar-refractivity contribution < 1.29 is 52.8 Å². The number of hydrogen-bond acceptors (Lipinski definition) is 11. The van der Waals surface area contributed by atoms with Gasteiger partial charge >= 0.3 is 17.9 Å². The monoisotopic (exact) mass is 598 g/mol. The molecule has 43 heavy (non-hydrogen) atoms. The van der Waals surface area contributed by atoms with E-state index in [9.17, 15) is 24.3 Å². The lowest BCUT2D eigenvalue weighted by atomic mass is 9.44. The quantitative estimate of drug-likeness (QED) is 0.393. The molecule has 5 rings (SSSR count). The molecule has 2 saturated carbocycles. The van der Waals surface area contributed by atoms with Crippen LogP contribution in [-0.4, -0.2) is 83.9 Å². The van der Waals surface area contributed by atoms with Crippen molar-refractivity contribution in [3.05, 3.63) is 47.0 Å². The molecule has 1 aliphatic heterocycles. The van der Waals surface area contributed by atoms with E-state index in [0.717, 1.165) is 6.92 Å². The Morgan fingerprint density at radius 2 is 1.65 bits per heavy atom. The number of ether oxygens (including phenoxy) is 5. The topological polar surface area (TPSA) is 152 Å². The maximum Gasteiger partial charge on any atom is 0.338 e. The number of allylic oxidation sites excluding steroid dienone is 1. The Kier molecular flexibility index (Phi) is 7.47. The van der Waals surface area contributed by atoms with Crippen molar-refractivity contribution in [2.24, 2.45) is 16.7 Å². The minimum absolute atomic E-state index is 0.118. The van der Waals surface area contributed by atoms with Crippen molar-refractivity contribution >= 4 is 29.5 Å². The molecule has 1 aromatic rings. The average Bonchev–Trinajstić information content (AvgIpc) is 2.92. The summed E-state index contributed by atoms with van der Waals surface area (Å²) in [5.74, 6) is -4.67. The molecular weight excluding hydrogens is 560 g/mol. The van der Waals surface area contributed by atoms with E-state index in [0.29, 0.717) is 0 Å². The van der Waals surface area contributed by atoms with Crippen LogP contribution in [0, 0.1) is 16.7 Å². The van der Waals surface area contributed by atoms with Gasteiger partial charge in [0.15, 0.2) is 23.3 Å². The maximum absolute atomic E-state index is 15.0. The minimum Gasteiger partial charge on any atom is -0.455 e. The van der Waals surface area contributed by atoms with E-state index in [1.54, 1.807) is 51.1 Å². The fourth-order valence-electron chi connectivity index (χ4n) is 8.04. The lowest BCUT2D eigenvalue weighted by Gasteiger charge is -2.67. The lowest BCUT2D eigenvalue weighted by molar-refractivity contribution is -0.345. The highest BCUT2D eigenvalue weighted by atomic mass is 16.6. The molecule has 1 saturated heterocycles. The number of methoxy groups -OCH3 is 1. The Hall–Kier alpha value is -3.41. The van der Waals surface area contributed by atoms with Crippen molar-refractivity contribution in [1.29, 1.82) is 0 Å². The van der Waals surface area contributed by atoms with Crippen molar-refractivity contribution in [2.45, 2.75) is 90.0 Å². The van der Waals surface area contributed by atoms with Crippen LogP contribution in [0.1, 0.15) is 64.7 Å². The third-order valence-electron chi connectivity index (χ3n) is 10.3. The standard InChI is InChI=1S/C32H38O11/c1-16-20(35)14-32(38)27(42-28(37)19-11-9-8-10-12-19)25-30(6,26(36)24(41-17(2)33)23(16)29(32,4)5)21(39-7)13-22-31(25,15-40-22)43-18(3)34/h8-12,21-22,24-25,27,38H,13-15H2,1-7H3/t21-,22+,24+,25?,27-,30+,31-,32+/m0/s1. The largest absolute Gasteiger partial charge is 0.455 e. The molecule has 11 heteroatoms. The van der Waals surface area contributed by atoms with E-state index in [2.05, 4.69) is 0 Å². The predicted molar refractivity (Wildman–Crippen MR) is 149 cm³/mol. The number of Topliss-reactive ketones (excluding diaryl/α,β-unsaturated/α-hetero) is 2. The molecule has 2 bridgehead atoms. The molecule has 0 amide bonds. The van der Waals surface area contributed by atoms with Crippen LogP contribution in [0.5, 0.6) is 0 Å². The summed E-state index contributed by atoms with van der Waals surface area (Å²) in [6.07, 6.45) is -5.21. The zero-order valence-corrected chi connectivity index (χ0v) is 25.4. The van der Waals surface area contributed by atoms with E-state index in [1.165, 1.54) is 21.0 Å². The van der Waals surface area contributed by atoms with E-state index < -0.39 is 88.3 Å². The summed E-state index contributed by atoms with van der Waals surface area (Å²) in [5.41, 5.74) is -6.37. The lowest BCUT2D eigenvalue weighted by Crippen LogP contribution is -2.82. The molecule has 1 N–H and O–H groups in total. The van der Waals surface area contributed by atoms with Gasteiger partial charge in [-0.2, -0.15) is 0 Å². The van der Waals surface area contributed by atoms with Crippen LogP contribution in [0.25, 0.3) is 0 Å². The highest BCUT2D eigenvalue weighted by Gasteiger charge is 2.78. The molecule has 3 aliphatic carbocycles. The third-order valence-corrected chi connectivity index (χ3v) is 10.3. The van der Waals surface area contributed by atoms with Gasteiger partial charge in [-0.15, -0.1) is 0 Å². The summed E-state index contributed by atoms with van der Waals surface area (Å²) >= 11 is 0. The van der Waals surface area contributed by atoms with Crippen molar-refractivity contribution in [1.82, 2.24) is 0 Å². The number of hydrogen-bond donors (Lipinski definition) is 1. The van der Waals surface area contributed by atoms with E-state index in [4.69, 9.17) is 23.7 Å². The summed E-state index contributed by atoms with van der Waals surface area (Å²) in [6.45, 7) is 8.57. The normalized spacial score (nSPS) is 38.0. The molecule has 0 radical (unpaired) electrons. The van der Waals surface area contributed by atoms with Gasteiger partial charge in [0.2, 0.25) is 0 Å². The van der Waals surface area contributed by atoms with Gasteiger partial charge in [0, 0.05) is 39.2 Å². The summed E-state index contributed by atoms with van der Waals surface area (Å²) in [7, 11) is 1.41. The van der Waals surface area contributed by atoms with Crippen molar-refractivity contribution in [2.75, 3.05) is 13.7 Å². The molecule has 4 aliphatic rings. The Morgan fingerprint density at radius 1 is 1.00 bits per heavy atom. The smallest absolute Gasteiger partial charge is 0.338 e. The highest BCUT2D eigenvalue weighted by Crippen LogP contribution is 2.64. The average molecular weight is 599 g/mol. The van der Waals surface area contributed by atoms with Crippen molar-refractivity contribution in [3.63, 3.8) is 0 Å². The first-order valence-electron chi connectivity index (χ1n) is 14.3. The van der Waals surface area contributed by atoms with Gasteiger partial charge in [0.05, 0.1) is 29.6 Å². The number of carbonyl (C=O) groups excluding carboxylic acids is 5. The van der Waals surface area contributed by atoms with Crippen LogP contribution in [0.15, 0.2) is 41.5 Å². The Bertz CT molecular complexity index is 1410. The number of aliphatic hydroxyl groups is 1. The van der Waals surface area contributed by atoms with Crippen LogP contribution in [0.2, 0.25) is 0 Å². The summed E-state index contributed by atoms with van der Waals surface area (Å²) in [6, 6.07) is 8.11. The first-order chi connectivity index (χ1) is 20.1. The van der Waals surface area contributed by atoms with Crippen LogP contribution >= 0.6 is 0 Å². The van der Waals surface area contributed by atoms with E-state index in [1.807, 2.05) is 0 Å². The van der Waals surface area contributed by atoms with Gasteiger partial charge in [-0.25, -0.2) is 4.79 Å². The van der Waals surface area contributed by atoms with Gasteiger partial charge in [-0.05, 0) is 37.1 Å². The van der Waals surface area contributed by atoms with Gasteiger partial charge in [-0.3, -0.25) is 19.2 Å². The van der Waals surface area contributed by atoms with Gasteiger partial charge in [-0.1, -0.05) is 32.0 Å². The van der Waals surface area contributed by atoms with Gasteiger partial charge in [0.1, 0.15) is 17.8 Å². The molecule has 0 spiro atoms. The van der Waals surface area contributed by atoms with Crippen LogP contribution in [0.4, 0.5) is 0 Å². The second-order valence-corrected chi connectivity index (χ2v) is 12.8. The molecule has 11 nitrogen and oxygen atoms in total. The molecular formula is C32H38O11. The summed E-state index contributed by atoms with van der Waals surface area (Å²) in [4.78, 5) is 67.5. The fraction of sp³-hybridized carbons (Fsp3) is 0.594. The maximum atomic E-state index is 15.0. The molecule has 1 aromatic carbocycles. The molecule has 1 heterocycles. The molecule has 1 unspecified atom stereocenters. The van der Waals surface area contributed by atoms with Crippen molar-refractivity contribution in [3.8, 4) is 0 Å². The Balaban J connectivity index is 1.86. The summed E-state index contributed by atoms with van der Waals surface area (Å²) in [5, 5.41) is 12.9. The molecule has 8 atom stereocenters. The van der Waals surface area contributed by atoms with Crippen LogP contribution in [0.3, 0.4) is 0 Å². The van der Waals surface area contributed by atoms with Crippen LogP contribution < -0.4 is 0 Å². The fourth-order valence-corrected chi connectivity index (χ4v) is 8.04. The zero-order chi connectivity index (χ0) is 31.7. The third kappa shape index (κ3) is 4.30. The second-order valence-electron chi connectivity index (χ2n) is 12.8. The molecule has 232 valence electrons. The number of benzene rings is 1. The molecule has 3 fully saturated rings. The first-order valence-corrected chi connectivity index (χ1v) is 14.3. The SMILES string of the molecule is CO[C@H]1C[C@H]2OC[C@@]2(OC(C)=O)C2[C@H](OC(=O)c3ccccc3)[C@]3(O)CC(=O)C(C)=C([C@@H](OC(C)=O)C(=O)[C@@]21C)C3(C)C. The molecule has 0 aromatic heterocycles. The highest BCUT2D eigenvalue weighted by molar-refractivity contribution is 6.03. The van der Waals surface area contributed by atoms with E-state index >= 15 is 4.79 Å². The number of esters is 3. The number of rotatable bonds is 5. The number of ketones is 2. The van der Waals surface area contributed by atoms with Gasteiger partial charge < -0.3 is 28.8 Å². The first kappa shape index (κ1) is 31.0. The predicted octanol–water partition coefficient (Wildman–Crippen LogP) is 2.51. The summed E-state index contributed by atoms with van der Waals surface area (Å²) < 4.78 is 29.7. The second kappa shape index (κ2) is 10.3. The van der Waals surface area contributed by atoms with E-state index in [-0.39, 0.29) is 29.7 Å². The van der Waals surface area contributed by atoms with Crippen LogP contribution in [-0.2, 0) is 42.9 Å². The number of fused-ring (bicyclic) bond motifs is 5. The van der Waals surface area contributed by atoms with Gasteiger partial charge in [0.25, 0.3) is 0 Å². The Morgan fingerprint density at radius 3 is 2.19 bits per heavy atom. The zero-order valence-electron chi connectivity index (χ0n) is 25.4. The minimum atomic E-state index is -2.16. The Labute approximate surface area is 249 Å². The number of carbonyl (C=O) groups is 5.